The molecular formula is C13H26N2O. The molecule has 0 spiro atoms. The van der Waals surface area contributed by atoms with Crippen LogP contribution in [0.2, 0.25) is 0 Å². The first-order valence-corrected chi connectivity index (χ1v) is 6.68. The standard InChI is InChI=1S/C13H26N2O/c1-3-15(2)13(16)11-14-10-9-12-7-5-4-6-8-12/h12,14H,3-11H2,1-2H3. The van der Waals surface area contributed by atoms with Gasteiger partial charge >= 0.3 is 0 Å². The first kappa shape index (κ1) is 13.5. The van der Waals surface area contributed by atoms with Crippen LogP contribution in [-0.4, -0.2) is 37.5 Å². The minimum atomic E-state index is 0.200. The highest BCUT2D eigenvalue weighted by molar-refractivity contribution is 5.77. The molecule has 0 aromatic carbocycles. The maximum Gasteiger partial charge on any atom is 0.236 e. The van der Waals surface area contributed by atoms with Crippen molar-refractivity contribution in [1.82, 2.24) is 10.2 Å². The lowest BCUT2D eigenvalue weighted by atomic mass is 9.87. The lowest BCUT2D eigenvalue weighted by Crippen LogP contribution is -2.36. The van der Waals surface area contributed by atoms with Crippen molar-refractivity contribution >= 4 is 5.91 Å². The number of carbonyl (C=O) groups is 1. The average Bonchev–Trinajstić information content (AvgIpc) is 2.34. The van der Waals surface area contributed by atoms with Gasteiger partial charge in [-0.3, -0.25) is 4.79 Å². The topological polar surface area (TPSA) is 32.3 Å². The van der Waals surface area contributed by atoms with E-state index in [1.54, 1.807) is 4.90 Å². The largest absolute Gasteiger partial charge is 0.345 e. The third kappa shape index (κ3) is 4.97. The van der Waals surface area contributed by atoms with Crippen LogP contribution in [0.15, 0.2) is 0 Å². The van der Waals surface area contributed by atoms with Crippen LogP contribution in [0.4, 0.5) is 0 Å². The molecule has 0 unspecified atom stereocenters. The van der Waals surface area contributed by atoms with Crippen LogP contribution in [0.5, 0.6) is 0 Å². The molecule has 0 radical (unpaired) electrons. The molecule has 1 amide bonds. The van der Waals surface area contributed by atoms with Gasteiger partial charge in [0.2, 0.25) is 5.91 Å². The Kier molecular flexibility index (Phi) is 6.46. The molecule has 1 fully saturated rings. The summed E-state index contributed by atoms with van der Waals surface area (Å²) in [6, 6.07) is 0. The molecular weight excluding hydrogens is 200 g/mol. The van der Waals surface area contributed by atoms with Gasteiger partial charge in [0.05, 0.1) is 6.54 Å². The molecule has 1 N–H and O–H groups in total. The third-order valence-electron chi connectivity index (χ3n) is 3.63. The summed E-state index contributed by atoms with van der Waals surface area (Å²) in [6.07, 6.45) is 8.26. The van der Waals surface area contributed by atoms with E-state index in [9.17, 15) is 4.79 Å². The quantitative estimate of drug-likeness (QED) is 0.703. The van der Waals surface area contributed by atoms with Gasteiger partial charge in [0.15, 0.2) is 0 Å². The Morgan fingerprint density at radius 1 is 1.31 bits per heavy atom. The van der Waals surface area contributed by atoms with Crippen molar-refractivity contribution < 1.29 is 4.79 Å². The Balaban J connectivity index is 2.00. The fraction of sp³-hybridized carbons (Fsp3) is 0.923. The first-order valence-electron chi connectivity index (χ1n) is 6.68. The van der Waals surface area contributed by atoms with E-state index in [0.717, 1.165) is 19.0 Å². The second-order valence-corrected chi connectivity index (χ2v) is 4.88. The van der Waals surface area contributed by atoms with Crippen LogP contribution in [-0.2, 0) is 4.79 Å². The summed E-state index contributed by atoms with van der Waals surface area (Å²) in [5.41, 5.74) is 0. The molecule has 1 saturated carbocycles. The predicted octanol–water partition coefficient (Wildman–Crippen LogP) is 2.02. The van der Waals surface area contributed by atoms with Crippen molar-refractivity contribution in [2.24, 2.45) is 5.92 Å². The van der Waals surface area contributed by atoms with E-state index in [1.165, 1.54) is 38.5 Å². The molecule has 3 nitrogen and oxygen atoms in total. The van der Waals surface area contributed by atoms with E-state index in [0.29, 0.717) is 6.54 Å². The number of carbonyl (C=O) groups excluding carboxylic acids is 1. The van der Waals surface area contributed by atoms with E-state index >= 15 is 0 Å². The molecule has 1 aliphatic carbocycles. The second kappa shape index (κ2) is 7.66. The molecule has 0 bridgehead atoms. The summed E-state index contributed by atoms with van der Waals surface area (Å²) >= 11 is 0. The fourth-order valence-electron chi connectivity index (χ4n) is 2.29. The maximum atomic E-state index is 11.5. The molecule has 0 saturated heterocycles. The molecule has 0 aromatic heterocycles. The van der Waals surface area contributed by atoms with Gasteiger partial charge in [0.1, 0.15) is 0 Å². The highest BCUT2D eigenvalue weighted by atomic mass is 16.2. The van der Waals surface area contributed by atoms with Crippen LogP contribution >= 0.6 is 0 Å². The molecule has 0 atom stereocenters. The van der Waals surface area contributed by atoms with Crippen LogP contribution in [0, 0.1) is 5.92 Å². The third-order valence-corrected chi connectivity index (χ3v) is 3.63. The molecule has 0 aliphatic heterocycles. The number of nitrogens with one attached hydrogen (secondary N) is 1. The Hall–Kier alpha value is -0.570. The van der Waals surface area contributed by atoms with Crippen LogP contribution in [0.25, 0.3) is 0 Å². The zero-order valence-corrected chi connectivity index (χ0v) is 10.8. The molecule has 0 aromatic rings. The predicted molar refractivity (Wildman–Crippen MR) is 67.4 cm³/mol. The molecule has 0 heterocycles. The lowest BCUT2D eigenvalue weighted by Gasteiger charge is -2.21. The molecule has 3 heteroatoms. The molecule has 1 aliphatic rings. The number of hydrogen-bond donors (Lipinski definition) is 1. The SMILES string of the molecule is CCN(C)C(=O)CNCCC1CCCCC1. The Morgan fingerprint density at radius 2 is 2.00 bits per heavy atom. The van der Waals surface area contributed by atoms with Gasteiger partial charge in [0.25, 0.3) is 0 Å². The minimum absolute atomic E-state index is 0.200. The fourth-order valence-corrected chi connectivity index (χ4v) is 2.29. The van der Waals surface area contributed by atoms with E-state index in [2.05, 4.69) is 5.32 Å². The monoisotopic (exact) mass is 226 g/mol. The summed E-state index contributed by atoms with van der Waals surface area (Å²) in [5, 5.41) is 3.26. The van der Waals surface area contributed by atoms with Crippen molar-refractivity contribution in [2.45, 2.75) is 45.4 Å². The number of amides is 1. The van der Waals surface area contributed by atoms with Crippen LogP contribution in [0.3, 0.4) is 0 Å². The number of likely N-dealkylation sites (N-methyl/N-ethyl adjacent to an activating group) is 1. The zero-order chi connectivity index (χ0) is 11.8. The average molecular weight is 226 g/mol. The second-order valence-electron chi connectivity index (χ2n) is 4.88. The van der Waals surface area contributed by atoms with Crippen molar-refractivity contribution in [3.63, 3.8) is 0 Å². The summed E-state index contributed by atoms with van der Waals surface area (Å²) in [6.45, 7) is 4.29. The van der Waals surface area contributed by atoms with Gasteiger partial charge in [-0.25, -0.2) is 0 Å². The lowest BCUT2D eigenvalue weighted by molar-refractivity contribution is -0.128. The van der Waals surface area contributed by atoms with Crippen molar-refractivity contribution in [3.8, 4) is 0 Å². The molecule has 94 valence electrons. The smallest absolute Gasteiger partial charge is 0.236 e. The Bertz CT molecular complexity index is 200. The number of rotatable bonds is 6. The maximum absolute atomic E-state index is 11.5. The van der Waals surface area contributed by atoms with Crippen molar-refractivity contribution in [2.75, 3.05) is 26.7 Å². The van der Waals surface area contributed by atoms with E-state index < -0.39 is 0 Å². The van der Waals surface area contributed by atoms with E-state index in [4.69, 9.17) is 0 Å². The van der Waals surface area contributed by atoms with Crippen molar-refractivity contribution in [3.05, 3.63) is 0 Å². The van der Waals surface area contributed by atoms with Gasteiger partial charge in [-0.2, -0.15) is 0 Å². The first-order chi connectivity index (χ1) is 7.74. The Morgan fingerprint density at radius 3 is 2.62 bits per heavy atom. The highest BCUT2D eigenvalue weighted by Crippen LogP contribution is 2.25. The molecule has 16 heavy (non-hydrogen) atoms. The van der Waals surface area contributed by atoms with Gasteiger partial charge in [0, 0.05) is 13.6 Å². The van der Waals surface area contributed by atoms with Crippen molar-refractivity contribution in [1.29, 1.82) is 0 Å². The normalized spacial score (nSPS) is 17.4. The highest BCUT2D eigenvalue weighted by Gasteiger charge is 2.13. The van der Waals surface area contributed by atoms with E-state index in [1.807, 2.05) is 14.0 Å². The van der Waals surface area contributed by atoms with Gasteiger partial charge in [-0.15, -0.1) is 0 Å². The van der Waals surface area contributed by atoms with Gasteiger partial charge in [-0.05, 0) is 25.8 Å². The molecule has 1 rings (SSSR count). The number of nitrogens with zero attached hydrogens (tertiary/aromatic N) is 1. The van der Waals surface area contributed by atoms with Gasteiger partial charge in [-0.1, -0.05) is 32.1 Å². The Labute approximate surface area is 99.6 Å². The van der Waals surface area contributed by atoms with Crippen LogP contribution in [0.1, 0.15) is 45.4 Å². The summed E-state index contributed by atoms with van der Waals surface area (Å²) in [7, 11) is 1.85. The van der Waals surface area contributed by atoms with Gasteiger partial charge < -0.3 is 10.2 Å². The summed E-state index contributed by atoms with van der Waals surface area (Å²) in [5.74, 6) is 1.10. The summed E-state index contributed by atoms with van der Waals surface area (Å²) < 4.78 is 0. The number of hydrogen-bond acceptors (Lipinski definition) is 2. The zero-order valence-electron chi connectivity index (χ0n) is 10.8. The summed E-state index contributed by atoms with van der Waals surface area (Å²) in [4.78, 5) is 13.2. The van der Waals surface area contributed by atoms with Crippen LogP contribution < -0.4 is 5.32 Å². The van der Waals surface area contributed by atoms with E-state index in [-0.39, 0.29) is 5.91 Å². The minimum Gasteiger partial charge on any atom is -0.345 e.